The average Bonchev–Trinajstić information content (AvgIpc) is 3.35. The number of alkyl carbamates (subject to hydrolysis) is 1. The minimum Gasteiger partial charge on any atom is -0.508 e. The van der Waals surface area contributed by atoms with Crippen LogP contribution in [0.2, 0.25) is 0 Å². The first-order chi connectivity index (χ1) is 16.9. The molecule has 0 bridgehead atoms. The highest BCUT2D eigenvalue weighted by molar-refractivity contribution is 7.80. The van der Waals surface area contributed by atoms with Crippen LogP contribution in [0.15, 0.2) is 47.8 Å². The van der Waals surface area contributed by atoms with Gasteiger partial charge in [0.2, 0.25) is 0 Å². The molecule has 0 radical (unpaired) electrons. The molecule has 0 saturated heterocycles. The lowest BCUT2D eigenvalue weighted by Crippen LogP contribution is -2.34. The van der Waals surface area contributed by atoms with E-state index in [4.69, 9.17) is 4.74 Å². The highest BCUT2D eigenvalue weighted by Gasteiger charge is 2.20. The molecular weight excluding hydrogens is 478 g/mol. The molecule has 0 aliphatic rings. The number of aromatic nitrogens is 4. The van der Waals surface area contributed by atoms with Gasteiger partial charge in [-0.3, -0.25) is 4.57 Å². The van der Waals surface area contributed by atoms with Crippen LogP contribution in [0.4, 0.5) is 4.79 Å². The van der Waals surface area contributed by atoms with Gasteiger partial charge in [-0.25, -0.2) is 4.79 Å². The van der Waals surface area contributed by atoms with E-state index in [9.17, 15) is 15.0 Å². The molecule has 0 aliphatic carbocycles. The molecule has 190 valence electrons. The normalized spacial score (nSPS) is 11.9. The molecule has 36 heavy (non-hydrogen) atoms. The lowest BCUT2D eigenvalue weighted by molar-refractivity contribution is 0.0526. The lowest BCUT2D eigenvalue weighted by Gasteiger charge is -2.19. The van der Waals surface area contributed by atoms with Gasteiger partial charge in [0, 0.05) is 36.3 Å². The molecule has 4 rings (SSSR count). The molecule has 2 aromatic carbocycles. The van der Waals surface area contributed by atoms with Crippen molar-refractivity contribution >= 4 is 29.6 Å². The van der Waals surface area contributed by atoms with Crippen LogP contribution in [0.5, 0.6) is 11.5 Å². The smallest absolute Gasteiger partial charge is 0.407 e. The Morgan fingerprint density at radius 1 is 1.11 bits per heavy atom. The number of carbonyl (C=O) groups is 1. The van der Waals surface area contributed by atoms with Gasteiger partial charge in [0.05, 0.1) is 11.3 Å². The van der Waals surface area contributed by atoms with E-state index in [-0.39, 0.29) is 17.4 Å². The number of nitrogens with one attached hydrogen (secondary N) is 1. The predicted molar refractivity (Wildman–Crippen MR) is 141 cm³/mol. The van der Waals surface area contributed by atoms with Crippen LogP contribution in [0.1, 0.15) is 46.1 Å². The van der Waals surface area contributed by atoms with Crippen LogP contribution < -0.4 is 5.32 Å². The summed E-state index contributed by atoms with van der Waals surface area (Å²) in [4.78, 5) is 11.9. The standard InChI is InChI=1S/C26H31N5O4S/c1-15(2)18-13-19(22(33)14-21(18)32)23-28-29-24(36)31(23)17-6-7-20-16(12-17)8-10-30(20)11-9-27-25(34)35-26(3,4)5/h6-8,10,12-15,32-33H,9,11H2,1-5H3,(H,27,34)(H,29,36). The predicted octanol–water partition coefficient (Wildman–Crippen LogP) is 5.24. The Balaban J connectivity index is 1.62. The molecule has 0 spiro atoms. The van der Waals surface area contributed by atoms with Crippen molar-refractivity contribution in [3.8, 4) is 28.6 Å². The summed E-state index contributed by atoms with van der Waals surface area (Å²) in [5.41, 5.74) is 2.38. The van der Waals surface area contributed by atoms with E-state index in [1.165, 1.54) is 6.07 Å². The minimum absolute atomic E-state index is 0.0346. The fourth-order valence-electron chi connectivity index (χ4n) is 4.04. The monoisotopic (exact) mass is 509 g/mol. The maximum absolute atomic E-state index is 11.9. The number of thiol groups is 1. The SMILES string of the molecule is CC(C)c1cc(-c2nnc(S)n2-c2ccc3c(ccn3CCNC(=O)OC(C)(C)C)c2)c(O)cc1O. The molecule has 4 aromatic rings. The third-order valence-electron chi connectivity index (χ3n) is 5.69. The third kappa shape index (κ3) is 5.28. The average molecular weight is 510 g/mol. The lowest BCUT2D eigenvalue weighted by atomic mass is 9.98. The summed E-state index contributed by atoms with van der Waals surface area (Å²) in [5.74, 6) is 0.410. The second-order valence-electron chi connectivity index (χ2n) is 9.92. The zero-order valence-corrected chi connectivity index (χ0v) is 21.9. The van der Waals surface area contributed by atoms with Gasteiger partial charge in [0.15, 0.2) is 11.0 Å². The van der Waals surface area contributed by atoms with Crippen LogP contribution in [-0.2, 0) is 11.3 Å². The molecule has 3 N–H and O–H groups in total. The number of phenolic OH excluding ortho intramolecular Hbond substituents is 2. The Bertz CT molecular complexity index is 1420. The number of carbonyl (C=O) groups excluding carboxylic acids is 1. The van der Waals surface area contributed by atoms with Gasteiger partial charge < -0.3 is 24.8 Å². The molecule has 9 nitrogen and oxygen atoms in total. The van der Waals surface area contributed by atoms with Crippen LogP contribution in [0.3, 0.4) is 0 Å². The Labute approximate surface area is 215 Å². The molecule has 0 fully saturated rings. The molecule has 1 amide bonds. The highest BCUT2D eigenvalue weighted by Crippen LogP contribution is 2.38. The van der Waals surface area contributed by atoms with Crippen molar-refractivity contribution in [1.82, 2.24) is 24.6 Å². The quantitative estimate of drug-likeness (QED) is 0.264. The number of fused-ring (bicyclic) bond motifs is 1. The Morgan fingerprint density at radius 2 is 1.86 bits per heavy atom. The number of amides is 1. The summed E-state index contributed by atoms with van der Waals surface area (Å²) in [6.07, 6.45) is 1.52. The maximum atomic E-state index is 11.9. The van der Waals surface area contributed by atoms with Crippen molar-refractivity contribution < 1.29 is 19.7 Å². The molecule has 0 saturated carbocycles. The van der Waals surface area contributed by atoms with E-state index < -0.39 is 11.7 Å². The Hall–Kier alpha value is -3.66. The third-order valence-corrected chi connectivity index (χ3v) is 5.98. The highest BCUT2D eigenvalue weighted by atomic mass is 32.1. The molecule has 0 atom stereocenters. The van der Waals surface area contributed by atoms with Crippen molar-refractivity contribution in [3.05, 3.63) is 48.2 Å². The molecule has 10 heteroatoms. The van der Waals surface area contributed by atoms with Crippen molar-refractivity contribution in [1.29, 1.82) is 0 Å². The van der Waals surface area contributed by atoms with E-state index in [2.05, 4.69) is 28.1 Å². The number of benzene rings is 2. The van der Waals surface area contributed by atoms with Gasteiger partial charge in [0.1, 0.15) is 17.1 Å². The van der Waals surface area contributed by atoms with Gasteiger partial charge in [0.25, 0.3) is 0 Å². The first-order valence-corrected chi connectivity index (χ1v) is 12.2. The zero-order chi connectivity index (χ0) is 26.2. The van der Waals surface area contributed by atoms with E-state index in [0.717, 1.165) is 16.6 Å². The van der Waals surface area contributed by atoms with Crippen molar-refractivity contribution in [2.24, 2.45) is 0 Å². The Kier molecular flexibility index (Phi) is 6.90. The molecule has 0 unspecified atom stereocenters. The summed E-state index contributed by atoms with van der Waals surface area (Å²) in [6, 6.07) is 10.9. The van der Waals surface area contributed by atoms with Gasteiger partial charge >= 0.3 is 6.09 Å². The number of nitrogens with zero attached hydrogens (tertiary/aromatic N) is 4. The van der Waals surface area contributed by atoms with Crippen LogP contribution in [0.25, 0.3) is 28.0 Å². The summed E-state index contributed by atoms with van der Waals surface area (Å²) in [7, 11) is 0. The van der Waals surface area contributed by atoms with Gasteiger partial charge in [-0.05, 0) is 62.6 Å². The molecule has 2 heterocycles. The fraction of sp³-hybridized carbons (Fsp3) is 0.346. The number of rotatable bonds is 6. The van der Waals surface area contributed by atoms with Crippen LogP contribution >= 0.6 is 12.6 Å². The van der Waals surface area contributed by atoms with E-state index in [1.54, 1.807) is 10.6 Å². The van der Waals surface area contributed by atoms with E-state index in [1.807, 2.05) is 69.6 Å². The molecule has 0 aliphatic heterocycles. The molecular formula is C26H31N5O4S. The topological polar surface area (TPSA) is 114 Å². The summed E-state index contributed by atoms with van der Waals surface area (Å²) in [5, 5.41) is 33.3. The largest absolute Gasteiger partial charge is 0.508 e. The summed E-state index contributed by atoms with van der Waals surface area (Å²) < 4.78 is 9.08. The van der Waals surface area contributed by atoms with E-state index in [0.29, 0.717) is 35.2 Å². The Morgan fingerprint density at radius 3 is 2.56 bits per heavy atom. The number of ether oxygens (including phenoxy) is 1. The molecule has 2 aromatic heterocycles. The fourth-order valence-corrected chi connectivity index (χ4v) is 4.29. The minimum atomic E-state index is -0.541. The van der Waals surface area contributed by atoms with Crippen molar-refractivity contribution in [2.45, 2.75) is 57.8 Å². The van der Waals surface area contributed by atoms with Crippen molar-refractivity contribution in [2.75, 3.05) is 6.54 Å². The van der Waals surface area contributed by atoms with Gasteiger partial charge in [-0.15, -0.1) is 22.8 Å². The van der Waals surface area contributed by atoms with Crippen molar-refractivity contribution in [3.63, 3.8) is 0 Å². The van der Waals surface area contributed by atoms with Crippen LogP contribution in [0, 0.1) is 0 Å². The number of aromatic hydroxyl groups is 2. The number of hydrogen-bond acceptors (Lipinski definition) is 7. The van der Waals surface area contributed by atoms with Gasteiger partial charge in [-0.1, -0.05) is 13.8 Å². The first-order valence-electron chi connectivity index (χ1n) is 11.7. The first kappa shape index (κ1) is 25.4. The van der Waals surface area contributed by atoms with E-state index >= 15 is 0 Å². The number of phenols is 2. The summed E-state index contributed by atoms with van der Waals surface area (Å²) >= 11 is 4.50. The maximum Gasteiger partial charge on any atom is 0.407 e. The summed E-state index contributed by atoms with van der Waals surface area (Å²) in [6.45, 7) is 10.4. The second-order valence-corrected chi connectivity index (χ2v) is 10.3. The van der Waals surface area contributed by atoms with Crippen LogP contribution in [-0.4, -0.2) is 47.8 Å². The zero-order valence-electron chi connectivity index (χ0n) is 21.0. The number of hydrogen-bond donors (Lipinski definition) is 4. The van der Waals surface area contributed by atoms with Gasteiger partial charge in [-0.2, -0.15) is 0 Å². The second kappa shape index (κ2) is 9.77.